The van der Waals surface area contributed by atoms with Crippen molar-refractivity contribution in [2.75, 3.05) is 26.3 Å². The zero-order chi connectivity index (χ0) is 30.0. The number of benzene rings is 2. The molecule has 1 unspecified atom stereocenters. The second kappa shape index (κ2) is 9.76. The lowest BCUT2D eigenvalue weighted by atomic mass is 9.86. The molecule has 2 aromatic carbocycles. The molecule has 3 aliphatic rings. The largest absolute Gasteiger partial charge is 0.488 e. The Morgan fingerprint density at radius 3 is 2.34 bits per heavy atom. The Balaban J connectivity index is 1.37. The Kier molecular flexibility index (Phi) is 6.89. The van der Waals surface area contributed by atoms with Crippen LogP contribution in [0.15, 0.2) is 36.4 Å². The summed E-state index contributed by atoms with van der Waals surface area (Å²) in [4.78, 5) is 38.9. The highest BCUT2D eigenvalue weighted by atomic mass is 19.1. The van der Waals surface area contributed by atoms with Crippen molar-refractivity contribution in [1.29, 1.82) is 0 Å². The van der Waals surface area contributed by atoms with Gasteiger partial charge in [-0.15, -0.1) is 0 Å². The van der Waals surface area contributed by atoms with Crippen molar-refractivity contribution in [3.05, 3.63) is 64.5 Å². The van der Waals surface area contributed by atoms with Gasteiger partial charge in [0.25, 0.3) is 35.1 Å². The fourth-order valence-electron chi connectivity index (χ4n) is 4.94. The summed E-state index contributed by atoms with van der Waals surface area (Å²) in [6, 6.07) is 7.48. The molecule has 41 heavy (non-hydrogen) atoms. The number of hydrogen-bond donors (Lipinski definition) is 8. The van der Waals surface area contributed by atoms with E-state index in [-0.39, 0.29) is 59.2 Å². The summed E-state index contributed by atoms with van der Waals surface area (Å²) in [6.07, 6.45) is 0. The third-order valence-corrected chi connectivity index (χ3v) is 7.42. The maximum Gasteiger partial charge on any atom is 0.306 e. The molecule has 220 valence electrons. The number of hydrogen-bond acceptors (Lipinski definition) is 13. The minimum Gasteiger partial charge on any atom is -0.488 e. The summed E-state index contributed by atoms with van der Waals surface area (Å²) in [7, 11) is 0. The van der Waals surface area contributed by atoms with Gasteiger partial charge in [0, 0.05) is 35.3 Å². The molecular formula is C25H26FN3O12. The Labute approximate surface area is 230 Å². The first kappa shape index (κ1) is 28.9. The lowest BCUT2D eigenvalue weighted by Gasteiger charge is -2.50. The van der Waals surface area contributed by atoms with E-state index in [4.69, 9.17) is 9.47 Å². The Bertz CT molecular complexity index is 1420. The van der Waals surface area contributed by atoms with E-state index in [0.717, 1.165) is 6.07 Å². The van der Waals surface area contributed by atoms with Gasteiger partial charge in [0.05, 0.1) is 19.8 Å². The van der Waals surface area contributed by atoms with Gasteiger partial charge in [0.2, 0.25) is 0 Å². The summed E-state index contributed by atoms with van der Waals surface area (Å²) in [5.74, 6) is -16.6. The summed E-state index contributed by atoms with van der Waals surface area (Å²) in [5, 5.41) is 74.0. The molecule has 0 spiro atoms. The molecule has 8 N–H and O–H groups in total. The van der Waals surface area contributed by atoms with Crippen LogP contribution in [0.3, 0.4) is 0 Å². The summed E-state index contributed by atoms with van der Waals surface area (Å²) >= 11 is 0. The third kappa shape index (κ3) is 4.28. The molecule has 2 fully saturated rings. The highest BCUT2D eigenvalue weighted by Crippen LogP contribution is 2.42. The number of halogens is 1. The highest BCUT2D eigenvalue weighted by molar-refractivity contribution is 6.10. The zero-order valence-electron chi connectivity index (χ0n) is 21.2. The van der Waals surface area contributed by atoms with Crippen LogP contribution in [0.5, 0.6) is 5.75 Å². The number of ether oxygens (including phenoxy) is 2. The van der Waals surface area contributed by atoms with Crippen molar-refractivity contribution < 1.29 is 64.0 Å². The fraction of sp³-hybridized carbons (Fsp3) is 0.400. The van der Waals surface area contributed by atoms with Crippen LogP contribution in [-0.4, -0.2) is 107 Å². The van der Waals surface area contributed by atoms with Crippen LogP contribution in [0.2, 0.25) is 0 Å². The van der Waals surface area contributed by atoms with Crippen molar-refractivity contribution in [2.45, 2.75) is 36.4 Å². The number of aliphatic hydroxyl groups is 7. The number of carbonyl (C=O) groups is 3. The smallest absolute Gasteiger partial charge is 0.306 e. The molecule has 2 aromatic rings. The first-order valence-electron chi connectivity index (χ1n) is 12.2. The third-order valence-electron chi connectivity index (χ3n) is 7.42. The molecular weight excluding hydrogens is 553 g/mol. The molecule has 0 saturated carbocycles. The van der Waals surface area contributed by atoms with Gasteiger partial charge in [-0.05, 0) is 18.2 Å². The lowest BCUT2D eigenvalue weighted by Crippen LogP contribution is -2.85. The van der Waals surface area contributed by atoms with Gasteiger partial charge in [-0.25, -0.2) is 9.29 Å². The normalized spacial score (nSPS) is 24.3. The molecule has 3 aliphatic heterocycles. The molecule has 1 atom stereocenters. The van der Waals surface area contributed by atoms with Crippen molar-refractivity contribution >= 4 is 17.7 Å². The predicted molar refractivity (Wildman–Crippen MR) is 128 cm³/mol. The van der Waals surface area contributed by atoms with Gasteiger partial charge < -0.3 is 45.2 Å². The van der Waals surface area contributed by atoms with Gasteiger partial charge >= 0.3 is 5.79 Å². The number of rotatable bonds is 6. The van der Waals surface area contributed by atoms with E-state index in [9.17, 15) is 54.5 Å². The quantitative estimate of drug-likeness (QED) is 0.123. The minimum atomic E-state index is -4.25. The highest BCUT2D eigenvalue weighted by Gasteiger charge is 2.76. The van der Waals surface area contributed by atoms with E-state index < -0.39 is 59.9 Å². The Hall–Kier alpha value is -3.58. The number of imide groups is 1. The van der Waals surface area contributed by atoms with Crippen LogP contribution in [0.25, 0.3) is 0 Å². The topological polar surface area (TPSA) is 230 Å². The number of amides is 3. The van der Waals surface area contributed by atoms with E-state index in [0.29, 0.717) is 0 Å². The number of morpholine rings is 1. The van der Waals surface area contributed by atoms with Gasteiger partial charge in [0.1, 0.15) is 18.2 Å². The van der Waals surface area contributed by atoms with Crippen molar-refractivity contribution in [2.24, 2.45) is 0 Å². The van der Waals surface area contributed by atoms with E-state index in [2.05, 4.69) is 0 Å². The van der Waals surface area contributed by atoms with Crippen molar-refractivity contribution in [3.63, 3.8) is 0 Å². The lowest BCUT2D eigenvalue weighted by molar-refractivity contribution is -0.407. The maximum absolute atomic E-state index is 15.0. The molecule has 0 aromatic heterocycles. The van der Waals surface area contributed by atoms with Gasteiger partial charge in [0.15, 0.2) is 0 Å². The number of piperidine rings is 1. The van der Waals surface area contributed by atoms with Crippen LogP contribution < -0.4 is 10.1 Å². The molecule has 5 rings (SSSR count). The molecule has 16 heteroatoms. The van der Waals surface area contributed by atoms with E-state index in [1.165, 1.54) is 40.5 Å². The zero-order valence-corrected chi connectivity index (χ0v) is 21.2. The average molecular weight is 579 g/mol. The van der Waals surface area contributed by atoms with Crippen LogP contribution in [0, 0.1) is 5.82 Å². The van der Waals surface area contributed by atoms with Crippen LogP contribution in [-0.2, 0) is 33.4 Å². The molecule has 2 saturated heterocycles. The van der Waals surface area contributed by atoms with Crippen LogP contribution in [0.4, 0.5) is 4.39 Å². The van der Waals surface area contributed by atoms with E-state index in [1.54, 1.807) is 0 Å². The number of nitrogens with one attached hydrogen (secondary N) is 1. The maximum atomic E-state index is 15.0. The number of fused-ring (bicyclic) bond motifs is 1. The van der Waals surface area contributed by atoms with Crippen LogP contribution in [0.1, 0.15) is 27.0 Å². The standard InChI is InChI=1S/C25H26FN3O12/c26-17-10-14(24(36,37)28-6-8-40-9-7-28)5-4-13(17)12-41-18-3-1-2-15-16(18)11-29(19(15)30)22(33)20(31)27-21(32)23(34,35)25(22,38)39/h1-5,10,33-39H,6-9,11-12H2,(H,27,31,32). The Morgan fingerprint density at radius 1 is 1.00 bits per heavy atom. The summed E-state index contributed by atoms with van der Waals surface area (Å²) in [6.45, 7) is -0.161. The summed E-state index contributed by atoms with van der Waals surface area (Å²) in [5.41, 5.74) is -4.03. The first-order valence-corrected chi connectivity index (χ1v) is 12.2. The van der Waals surface area contributed by atoms with Gasteiger partial charge in [-0.1, -0.05) is 18.2 Å². The second-order valence-corrected chi connectivity index (χ2v) is 9.80. The monoisotopic (exact) mass is 579 g/mol. The molecule has 0 aliphatic carbocycles. The average Bonchev–Trinajstić information content (AvgIpc) is 3.28. The van der Waals surface area contributed by atoms with E-state index in [1.807, 2.05) is 0 Å². The van der Waals surface area contributed by atoms with Crippen molar-refractivity contribution in [3.8, 4) is 5.75 Å². The summed E-state index contributed by atoms with van der Waals surface area (Å²) < 4.78 is 25.8. The minimum absolute atomic E-state index is 0.0100. The molecule has 0 radical (unpaired) electrons. The fourth-order valence-corrected chi connectivity index (χ4v) is 4.94. The second-order valence-electron chi connectivity index (χ2n) is 9.80. The predicted octanol–water partition coefficient (Wildman–Crippen LogP) is -3.51. The first-order chi connectivity index (χ1) is 19.1. The Morgan fingerprint density at radius 2 is 1.68 bits per heavy atom. The van der Waals surface area contributed by atoms with Crippen molar-refractivity contribution in [1.82, 2.24) is 15.1 Å². The number of carbonyl (C=O) groups excluding carboxylic acids is 3. The number of nitrogens with zero attached hydrogens (tertiary/aromatic N) is 2. The van der Waals surface area contributed by atoms with Gasteiger partial charge in [-0.2, -0.15) is 0 Å². The van der Waals surface area contributed by atoms with Crippen LogP contribution >= 0.6 is 0 Å². The van der Waals surface area contributed by atoms with Gasteiger partial charge in [-0.3, -0.25) is 24.6 Å². The molecule has 3 heterocycles. The van der Waals surface area contributed by atoms with E-state index >= 15 is 0 Å². The molecule has 0 bridgehead atoms. The SMILES string of the molecule is O=C1c2cccc(OCc3ccc(C(O)(O)N4CCOCC4)cc3F)c2CN1C1(O)C(=O)NC(=O)C(O)(O)C1(O)O. The molecule has 15 nitrogen and oxygen atoms in total. The molecule has 3 amide bonds.